The predicted octanol–water partition coefficient (Wildman–Crippen LogP) is 5.35. The highest BCUT2D eigenvalue weighted by Crippen LogP contribution is 2.27. The normalized spacial score (nSPS) is 15.2. The number of nitrogens with one attached hydrogen (secondary N) is 1. The third-order valence-electron chi connectivity index (χ3n) is 5.53. The molecule has 4 nitrogen and oxygen atoms in total. The lowest BCUT2D eigenvalue weighted by Gasteiger charge is -2.31. The van der Waals surface area contributed by atoms with Crippen molar-refractivity contribution in [2.45, 2.75) is 39.2 Å². The van der Waals surface area contributed by atoms with E-state index in [1.807, 2.05) is 30.3 Å². The topological polar surface area (TPSA) is 41.6 Å². The number of benzene rings is 2. The number of nitrogens with zero attached hydrogens (tertiary/aromatic N) is 1. The van der Waals surface area contributed by atoms with E-state index in [0.717, 1.165) is 56.6 Å². The smallest absolute Gasteiger partial charge is 0.223 e. The summed E-state index contributed by atoms with van der Waals surface area (Å²) in [6.07, 6.45) is 3.90. The largest absolute Gasteiger partial charge is 0.492 e. The molecule has 0 atom stereocenters. The van der Waals surface area contributed by atoms with Crippen LogP contribution in [0.1, 0.15) is 37.3 Å². The minimum Gasteiger partial charge on any atom is -0.492 e. The molecule has 1 aliphatic heterocycles. The van der Waals surface area contributed by atoms with Gasteiger partial charge < -0.3 is 10.1 Å². The first-order chi connectivity index (χ1) is 14.6. The second kappa shape index (κ2) is 11.6. The Labute approximate surface area is 189 Å². The molecule has 0 aromatic heterocycles. The van der Waals surface area contributed by atoms with Crippen molar-refractivity contribution >= 4 is 29.1 Å². The van der Waals surface area contributed by atoms with Crippen LogP contribution in [0.5, 0.6) is 5.75 Å². The van der Waals surface area contributed by atoms with Gasteiger partial charge in [-0.15, -0.1) is 0 Å². The van der Waals surface area contributed by atoms with E-state index in [0.29, 0.717) is 23.2 Å². The van der Waals surface area contributed by atoms with Crippen molar-refractivity contribution in [3.8, 4) is 5.75 Å². The molecule has 2 aromatic rings. The zero-order valence-electron chi connectivity index (χ0n) is 17.5. The number of carbonyl (C=O) groups is 1. The van der Waals surface area contributed by atoms with Crippen LogP contribution in [-0.2, 0) is 17.8 Å². The first-order valence-corrected chi connectivity index (χ1v) is 11.5. The molecule has 2 aromatic carbocycles. The van der Waals surface area contributed by atoms with Crippen molar-refractivity contribution in [2.24, 2.45) is 5.92 Å². The van der Waals surface area contributed by atoms with Gasteiger partial charge in [-0.1, -0.05) is 54.7 Å². The van der Waals surface area contributed by atoms with Crippen LogP contribution in [0.4, 0.5) is 0 Å². The van der Waals surface area contributed by atoms with Crippen molar-refractivity contribution in [2.75, 3.05) is 26.2 Å². The van der Waals surface area contributed by atoms with Crippen LogP contribution < -0.4 is 10.1 Å². The van der Waals surface area contributed by atoms with Crippen LogP contribution >= 0.6 is 23.2 Å². The predicted molar refractivity (Wildman–Crippen MR) is 123 cm³/mol. The molecule has 0 unspecified atom stereocenters. The number of carbonyl (C=O) groups excluding carboxylic acids is 1. The van der Waals surface area contributed by atoms with Gasteiger partial charge in [0.25, 0.3) is 0 Å². The molecular weight excluding hydrogens is 419 g/mol. The summed E-state index contributed by atoms with van der Waals surface area (Å²) < 4.78 is 5.73. The fourth-order valence-electron chi connectivity index (χ4n) is 3.79. The van der Waals surface area contributed by atoms with E-state index in [-0.39, 0.29) is 11.8 Å². The molecule has 0 saturated carbocycles. The summed E-state index contributed by atoms with van der Waals surface area (Å²) in [5.41, 5.74) is 2.28. The Morgan fingerprint density at radius 3 is 2.40 bits per heavy atom. The summed E-state index contributed by atoms with van der Waals surface area (Å²) >= 11 is 12.6. The van der Waals surface area contributed by atoms with E-state index in [4.69, 9.17) is 27.9 Å². The molecule has 0 spiro atoms. The first kappa shape index (κ1) is 22.9. The zero-order chi connectivity index (χ0) is 21.3. The SMILES string of the molecule is CCCc1ccc(OCCNC(=O)C2CCN(Cc3c(Cl)cccc3Cl)CC2)cc1. The van der Waals surface area contributed by atoms with Gasteiger partial charge in [0, 0.05) is 28.1 Å². The molecule has 1 saturated heterocycles. The minimum absolute atomic E-state index is 0.0521. The molecule has 1 aliphatic rings. The maximum atomic E-state index is 12.5. The quantitative estimate of drug-likeness (QED) is 0.525. The zero-order valence-corrected chi connectivity index (χ0v) is 19.0. The number of rotatable bonds is 9. The maximum absolute atomic E-state index is 12.5. The molecule has 162 valence electrons. The number of hydrogen-bond acceptors (Lipinski definition) is 3. The van der Waals surface area contributed by atoms with Gasteiger partial charge in [0.2, 0.25) is 5.91 Å². The molecule has 1 fully saturated rings. The highest BCUT2D eigenvalue weighted by Gasteiger charge is 2.25. The second-order valence-electron chi connectivity index (χ2n) is 7.78. The first-order valence-electron chi connectivity index (χ1n) is 10.7. The number of aryl methyl sites for hydroxylation is 1. The molecule has 0 aliphatic carbocycles. The van der Waals surface area contributed by atoms with Crippen LogP contribution in [0.2, 0.25) is 10.0 Å². The Kier molecular flexibility index (Phi) is 8.86. The van der Waals surface area contributed by atoms with Crippen molar-refractivity contribution in [1.82, 2.24) is 10.2 Å². The van der Waals surface area contributed by atoms with E-state index >= 15 is 0 Å². The van der Waals surface area contributed by atoms with Crippen LogP contribution in [0.3, 0.4) is 0 Å². The van der Waals surface area contributed by atoms with Gasteiger partial charge in [0.1, 0.15) is 12.4 Å². The van der Waals surface area contributed by atoms with Crippen molar-refractivity contribution < 1.29 is 9.53 Å². The Bertz CT molecular complexity index is 798. The maximum Gasteiger partial charge on any atom is 0.223 e. The van der Waals surface area contributed by atoms with Crippen molar-refractivity contribution in [3.05, 3.63) is 63.6 Å². The average molecular weight is 449 g/mol. The summed E-state index contributed by atoms with van der Waals surface area (Å²) in [5.74, 6) is 1.01. The van der Waals surface area contributed by atoms with Gasteiger partial charge in [-0.3, -0.25) is 9.69 Å². The monoisotopic (exact) mass is 448 g/mol. The van der Waals surface area contributed by atoms with Gasteiger partial charge in [-0.05, 0) is 62.2 Å². The standard InChI is InChI=1S/C24H30Cl2N2O2/c1-2-4-18-7-9-20(10-8-18)30-16-13-27-24(29)19-11-14-28(15-12-19)17-21-22(25)5-3-6-23(21)26/h3,5-10,19H,2,4,11-17H2,1H3,(H,27,29). The van der Waals surface area contributed by atoms with Crippen LogP contribution in [0.15, 0.2) is 42.5 Å². The third kappa shape index (κ3) is 6.63. The van der Waals surface area contributed by atoms with Crippen LogP contribution in [-0.4, -0.2) is 37.0 Å². The van der Waals surface area contributed by atoms with E-state index in [9.17, 15) is 4.79 Å². The molecule has 0 bridgehead atoms. The summed E-state index contributed by atoms with van der Waals surface area (Å²) in [7, 11) is 0. The molecule has 0 radical (unpaired) electrons. The molecule has 1 amide bonds. The summed E-state index contributed by atoms with van der Waals surface area (Å²) in [6.45, 7) is 5.61. The van der Waals surface area contributed by atoms with E-state index in [2.05, 4.69) is 29.3 Å². The van der Waals surface area contributed by atoms with Gasteiger partial charge in [-0.2, -0.15) is 0 Å². The highest BCUT2D eigenvalue weighted by atomic mass is 35.5. The van der Waals surface area contributed by atoms with E-state index < -0.39 is 0 Å². The lowest BCUT2D eigenvalue weighted by atomic mass is 9.95. The molecule has 6 heteroatoms. The van der Waals surface area contributed by atoms with Gasteiger partial charge in [-0.25, -0.2) is 0 Å². The van der Waals surface area contributed by atoms with Gasteiger partial charge in [0.15, 0.2) is 0 Å². The van der Waals surface area contributed by atoms with E-state index in [1.165, 1.54) is 5.56 Å². The molecule has 1 heterocycles. The Morgan fingerprint density at radius 1 is 1.10 bits per heavy atom. The number of halogens is 2. The number of ether oxygens (including phenoxy) is 1. The molecule has 3 rings (SSSR count). The van der Waals surface area contributed by atoms with E-state index in [1.54, 1.807) is 0 Å². The number of hydrogen-bond donors (Lipinski definition) is 1. The molecular formula is C24H30Cl2N2O2. The lowest BCUT2D eigenvalue weighted by Crippen LogP contribution is -2.41. The van der Waals surface area contributed by atoms with Crippen LogP contribution in [0, 0.1) is 5.92 Å². The number of likely N-dealkylation sites (tertiary alicyclic amines) is 1. The fourth-order valence-corrected chi connectivity index (χ4v) is 4.31. The molecule has 30 heavy (non-hydrogen) atoms. The van der Waals surface area contributed by atoms with Crippen molar-refractivity contribution in [3.63, 3.8) is 0 Å². The van der Waals surface area contributed by atoms with Gasteiger partial charge in [0.05, 0.1) is 6.54 Å². The number of piperidine rings is 1. The van der Waals surface area contributed by atoms with Crippen molar-refractivity contribution in [1.29, 1.82) is 0 Å². The summed E-state index contributed by atoms with van der Waals surface area (Å²) in [5, 5.41) is 4.41. The Hall–Kier alpha value is -1.75. The Morgan fingerprint density at radius 2 is 1.77 bits per heavy atom. The number of amides is 1. The van der Waals surface area contributed by atoms with Gasteiger partial charge >= 0.3 is 0 Å². The van der Waals surface area contributed by atoms with Crippen LogP contribution in [0.25, 0.3) is 0 Å². The minimum atomic E-state index is 0.0521. The highest BCUT2D eigenvalue weighted by molar-refractivity contribution is 6.35. The second-order valence-corrected chi connectivity index (χ2v) is 8.60. The third-order valence-corrected chi connectivity index (χ3v) is 6.24. The average Bonchev–Trinajstić information content (AvgIpc) is 2.75. The Balaban J connectivity index is 1.35. The fraction of sp³-hybridized carbons (Fsp3) is 0.458. The lowest BCUT2D eigenvalue weighted by molar-refractivity contribution is -0.126. The summed E-state index contributed by atoms with van der Waals surface area (Å²) in [4.78, 5) is 14.8. The summed E-state index contributed by atoms with van der Waals surface area (Å²) in [6, 6.07) is 13.8. The molecule has 1 N–H and O–H groups in total.